The van der Waals surface area contributed by atoms with E-state index in [-0.39, 0.29) is 29.7 Å². The van der Waals surface area contributed by atoms with Crippen LogP contribution in [0.25, 0.3) is 0 Å². The number of nitrogens with zero attached hydrogens (tertiary/aromatic N) is 2. The summed E-state index contributed by atoms with van der Waals surface area (Å²) < 4.78 is 7.68. The van der Waals surface area contributed by atoms with Gasteiger partial charge in [-0.05, 0) is 42.7 Å². The van der Waals surface area contributed by atoms with Gasteiger partial charge in [0.05, 0.1) is 6.61 Å². The normalized spacial score (nSPS) is 18.2. The number of hydrogen-bond donors (Lipinski definition) is 1. The molecule has 1 aromatic heterocycles. The number of hydrogen-bond acceptors (Lipinski definition) is 4. The zero-order chi connectivity index (χ0) is 23.4. The highest BCUT2D eigenvalue weighted by Gasteiger charge is 2.26. The quantitative estimate of drug-likeness (QED) is 0.732. The molecule has 1 N–H and O–H groups in total. The molecule has 2 aliphatic rings. The minimum Gasteiger partial charge on any atom is -0.371 e. The molecular weight excluding hydrogens is 418 g/mol. The van der Waals surface area contributed by atoms with Crippen molar-refractivity contribution in [3.05, 3.63) is 69.1 Å². The molecule has 33 heavy (non-hydrogen) atoms. The first-order chi connectivity index (χ1) is 15.9. The van der Waals surface area contributed by atoms with Crippen molar-refractivity contribution in [1.29, 1.82) is 0 Å². The van der Waals surface area contributed by atoms with Crippen molar-refractivity contribution in [2.45, 2.75) is 52.2 Å². The van der Waals surface area contributed by atoms with Crippen LogP contribution < -0.4 is 10.7 Å². The average Bonchev–Trinajstić information content (AvgIpc) is 2.83. The summed E-state index contributed by atoms with van der Waals surface area (Å²) in [6, 6.07) is 8.05. The fourth-order valence-electron chi connectivity index (χ4n) is 4.67. The molecule has 1 fully saturated rings. The third-order valence-electron chi connectivity index (χ3n) is 6.31. The lowest BCUT2D eigenvalue weighted by Gasteiger charge is -2.27. The largest absolute Gasteiger partial charge is 0.371 e. The van der Waals surface area contributed by atoms with Crippen molar-refractivity contribution in [3.8, 4) is 0 Å². The Balaban J connectivity index is 1.57. The van der Waals surface area contributed by atoms with Crippen molar-refractivity contribution in [2.75, 3.05) is 26.2 Å². The summed E-state index contributed by atoms with van der Waals surface area (Å²) in [7, 11) is 0. The van der Waals surface area contributed by atoms with E-state index < -0.39 is 11.3 Å². The van der Waals surface area contributed by atoms with E-state index in [1.54, 1.807) is 21.9 Å². The molecule has 7 nitrogen and oxygen atoms in total. The van der Waals surface area contributed by atoms with Crippen LogP contribution in [0.4, 0.5) is 0 Å². The van der Waals surface area contributed by atoms with Gasteiger partial charge in [0, 0.05) is 38.6 Å². The number of ether oxygens (including phenoxy) is 1. The lowest BCUT2D eigenvalue weighted by Crippen LogP contribution is -2.41. The summed E-state index contributed by atoms with van der Waals surface area (Å²) in [5.41, 5.74) is 1.85. The van der Waals surface area contributed by atoms with Crippen LogP contribution >= 0.6 is 0 Å². The third-order valence-corrected chi connectivity index (χ3v) is 6.31. The lowest BCUT2D eigenvalue weighted by molar-refractivity contribution is 0.0411. The van der Waals surface area contributed by atoms with Gasteiger partial charge < -0.3 is 19.5 Å². The molecule has 0 saturated carbocycles. The fraction of sp³-hybridized carbons (Fsp3) is 0.500. The van der Waals surface area contributed by atoms with E-state index >= 15 is 0 Å². The number of pyridine rings is 1. The lowest BCUT2D eigenvalue weighted by atomic mass is 9.97. The van der Waals surface area contributed by atoms with E-state index in [1.807, 2.05) is 18.2 Å². The van der Waals surface area contributed by atoms with Crippen molar-refractivity contribution in [3.63, 3.8) is 0 Å². The molecule has 2 aliphatic heterocycles. The number of piperidine rings is 1. The number of amides is 2. The second kappa shape index (κ2) is 10.3. The van der Waals surface area contributed by atoms with Crippen molar-refractivity contribution >= 4 is 11.8 Å². The van der Waals surface area contributed by atoms with Crippen molar-refractivity contribution < 1.29 is 14.3 Å². The van der Waals surface area contributed by atoms with E-state index in [2.05, 4.69) is 25.2 Å². The summed E-state index contributed by atoms with van der Waals surface area (Å²) in [5.74, 6) is -0.456. The van der Waals surface area contributed by atoms with Gasteiger partial charge in [-0.15, -0.1) is 0 Å². The van der Waals surface area contributed by atoms with Crippen LogP contribution in [-0.4, -0.2) is 47.5 Å². The molecule has 2 aromatic rings. The number of carbonyl (C=O) groups is 2. The van der Waals surface area contributed by atoms with Crippen LogP contribution in [0.15, 0.2) is 41.5 Å². The number of aromatic nitrogens is 1. The van der Waals surface area contributed by atoms with E-state index in [9.17, 15) is 14.4 Å². The maximum absolute atomic E-state index is 13.2. The number of benzene rings is 1. The average molecular weight is 452 g/mol. The first kappa shape index (κ1) is 23.2. The molecule has 1 aromatic carbocycles. The number of nitrogens with one attached hydrogen (secondary N) is 1. The highest BCUT2D eigenvalue weighted by atomic mass is 16.5. The summed E-state index contributed by atoms with van der Waals surface area (Å²) in [4.78, 5) is 41.2. The second-order valence-electron chi connectivity index (χ2n) is 9.38. The molecule has 0 spiro atoms. The number of rotatable bonds is 6. The van der Waals surface area contributed by atoms with Gasteiger partial charge in [-0.3, -0.25) is 14.4 Å². The predicted molar refractivity (Wildman–Crippen MR) is 126 cm³/mol. The molecule has 1 saturated heterocycles. The molecule has 7 heteroatoms. The van der Waals surface area contributed by atoms with E-state index in [0.717, 1.165) is 31.2 Å². The molecule has 0 radical (unpaired) electrons. The van der Waals surface area contributed by atoms with Gasteiger partial charge in [-0.25, -0.2) is 0 Å². The predicted octanol–water partition coefficient (Wildman–Crippen LogP) is 3.17. The van der Waals surface area contributed by atoms with Crippen molar-refractivity contribution in [2.24, 2.45) is 5.92 Å². The molecule has 176 valence electrons. The van der Waals surface area contributed by atoms with Gasteiger partial charge in [0.1, 0.15) is 17.2 Å². The maximum Gasteiger partial charge on any atom is 0.259 e. The van der Waals surface area contributed by atoms with Gasteiger partial charge in [0.2, 0.25) is 5.43 Å². The van der Waals surface area contributed by atoms with Gasteiger partial charge in [0.25, 0.3) is 11.8 Å². The Morgan fingerprint density at radius 1 is 1.09 bits per heavy atom. The monoisotopic (exact) mass is 451 g/mol. The van der Waals surface area contributed by atoms with Crippen LogP contribution in [0, 0.1) is 5.92 Å². The molecule has 0 unspecified atom stereocenters. The van der Waals surface area contributed by atoms with Gasteiger partial charge >= 0.3 is 0 Å². The Bertz CT molecular complexity index is 1070. The van der Waals surface area contributed by atoms with E-state index in [4.69, 9.17) is 4.74 Å². The van der Waals surface area contributed by atoms with Gasteiger partial charge in [0.15, 0.2) is 0 Å². The van der Waals surface area contributed by atoms with Crippen LogP contribution in [0.1, 0.15) is 71.1 Å². The summed E-state index contributed by atoms with van der Waals surface area (Å²) in [6.45, 7) is 6.89. The van der Waals surface area contributed by atoms with Gasteiger partial charge in [-0.2, -0.15) is 0 Å². The number of carbonyl (C=O) groups excluding carboxylic acids is 2. The molecular formula is C26H33N3O4. The van der Waals surface area contributed by atoms with Crippen LogP contribution in [0.2, 0.25) is 0 Å². The molecule has 0 bridgehead atoms. The molecule has 3 heterocycles. The minimum absolute atomic E-state index is 0.00241. The molecule has 2 amide bonds. The zero-order valence-corrected chi connectivity index (χ0v) is 19.5. The smallest absolute Gasteiger partial charge is 0.259 e. The molecule has 0 aliphatic carbocycles. The maximum atomic E-state index is 13.2. The minimum atomic E-state index is -0.506. The summed E-state index contributed by atoms with van der Waals surface area (Å²) >= 11 is 0. The van der Waals surface area contributed by atoms with Gasteiger partial charge in [-0.1, -0.05) is 38.1 Å². The zero-order valence-electron chi connectivity index (χ0n) is 19.5. The Morgan fingerprint density at radius 2 is 1.82 bits per heavy atom. The Labute approximate surface area is 194 Å². The van der Waals surface area contributed by atoms with E-state index in [0.29, 0.717) is 32.2 Å². The van der Waals surface area contributed by atoms with Crippen LogP contribution in [0.5, 0.6) is 0 Å². The molecule has 1 atom stereocenters. The standard InChI is InChI=1S/C26H33N3O4/c1-18(2)15-28-16-21(24(30)22(17-28)26(32)29-11-6-3-7-12-29)25(31)27-14-23-20-9-5-4-8-19(20)10-13-33-23/h4-5,8-9,16-18,23H,3,6-7,10-15H2,1-2H3,(H,27,31)/t23-/m1/s1. The summed E-state index contributed by atoms with van der Waals surface area (Å²) in [5, 5.41) is 2.87. The first-order valence-corrected chi connectivity index (χ1v) is 11.9. The third kappa shape index (κ3) is 5.36. The summed E-state index contributed by atoms with van der Waals surface area (Å²) in [6.07, 6.45) is 6.74. The molecule has 4 rings (SSSR count). The highest BCUT2D eigenvalue weighted by Crippen LogP contribution is 2.26. The highest BCUT2D eigenvalue weighted by molar-refractivity contribution is 5.99. The number of fused-ring (bicyclic) bond motifs is 1. The Hall–Kier alpha value is -2.93. The SMILES string of the molecule is CC(C)Cn1cc(C(=O)NC[C@H]2OCCc3ccccc32)c(=O)c(C(=O)N2CCCCC2)c1. The van der Waals surface area contributed by atoms with E-state index in [1.165, 1.54) is 5.56 Å². The Kier molecular flexibility index (Phi) is 7.28. The number of likely N-dealkylation sites (tertiary alicyclic amines) is 1. The van der Waals surface area contributed by atoms with Crippen LogP contribution in [-0.2, 0) is 17.7 Å². The first-order valence-electron chi connectivity index (χ1n) is 11.9. The second-order valence-corrected chi connectivity index (χ2v) is 9.38. The van der Waals surface area contributed by atoms with Crippen molar-refractivity contribution in [1.82, 2.24) is 14.8 Å². The fourth-order valence-corrected chi connectivity index (χ4v) is 4.67. The topological polar surface area (TPSA) is 80.6 Å². The Morgan fingerprint density at radius 3 is 2.58 bits per heavy atom. The van der Waals surface area contributed by atoms with Crippen LogP contribution in [0.3, 0.4) is 0 Å².